The molecule has 0 spiro atoms. The molecule has 4 N–H and O–H groups in total. The molecule has 2 aliphatic carbocycles. The first-order valence-electron chi connectivity index (χ1n) is 10.4. The minimum Gasteiger partial charge on any atom is -0.390 e. The number of amides is 1. The van der Waals surface area contributed by atoms with Crippen LogP contribution < -0.4 is 5.73 Å². The maximum atomic E-state index is 12.1. The van der Waals surface area contributed by atoms with Crippen molar-refractivity contribution < 1.29 is 15.0 Å². The average molecular weight is 438 g/mol. The number of aliphatic hydroxyl groups excluding tert-OH is 2. The molecule has 6 nitrogen and oxygen atoms in total. The molecular formula is C21H28ClN3O3S. The molecule has 3 fully saturated rings. The molecule has 1 aromatic rings. The van der Waals surface area contributed by atoms with Gasteiger partial charge < -0.3 is 20.8 Å². The standard InChI is InChI=1S/C21H28ClN3O3S/c22-13-6-8-14(9-7-13)24-21-25(11-12-4-2-1-3-5-12)17-18(27)16(26)10-15(20(23)28)19(17)29-21/h6-9,12,15-19,26-27H,1-5,10-11H2,(H2,23,28)/t15-,16+,17+,18-,19+/m0/s1. The van der Waals surface area contributed by atoms with E-state index in [0.717, 1.165) is 30.2 Å². The minimum absolute atomic E-state index is 0.191. The van der Waals surface area contributed by atoms with Gasteiger partial charge in [0.1, 0.15) is 6.10 Å². The van der Waals surface area contributed by atoms with Crippen LogP contribution in [0.2, 0.25) is 5.02 Å². The number of hydrogen-bond donors (Lipinski definition) is 3. The van der Waals surface area contributed by atoms with Crippen molar-refractivity contribution in [2.24, 2.45) is 22.6 Å². The third-order valence-electron chi connectivity index (χ3n) is 6.42. The summed E-state index contributed by atoms with van der Waals surface area (Å²) in [6.07, 6.45) is 4.33. The molecule has 1 amide bonds. The molecule has 1 aromatic carbocycles. The van der Waals surface area contributed by atoms with Crippen molar-refractivity contribution in [2.75, 3.05) is 6.54 Å². The van der Waals surface area contributed by atoms with E-state index in [1.54, 1.807) is 12.1 Å². The molecule has 29 heavy (non-hydrogen) atoms. The molecule has 0 radical (unpaired) electrons. The smallest absolute Gasteiger partial charge is 0.221 e. The summed E-state index contributed by atoms with van der Waals surface area (Å²) in [4.78, 5) is 19.0. The number of amidine groups is 1. The largest absolute Gasteiger partial charge is 0.390 e. The fourth-order valence-electron chi connectivity index (χ4n) is 4.87. The molecule has 0 unspecified atom stereocenters. The van der Waals surface area contributed by atoms with Gasteiger partial charge in [-0.25, -0.2) is 4.99 Å². The van der Waals surface area contributed by atoms with Crippen LogP contribution in [0.4, 0.5) is 5.69 Å². The van der Waals surface area contributed by atoms with Gasteiger partial charge in [0.15, 0.2) is 5.17 Å². The molecule has 1 saturated heterocycles. The molecule has 5 atom stereocenters. The van der Waals surface area contributed by atoms with Crippen LogP contribution in [0.15, 0.2) is 29.3 Å². The van der Waals surface area contributed by atoms with Gasteiger partial charge in [-0.1, -0.05) is 42.6 Å². The van der Waals surface area contributed by atoms with Crippen LogP contribution >= 0.6 is 23.4 Å². The van der Waals surface area contributed by atoms with Crippen molar-refractivity contribution in [2.45, 2.75) is 62.0 Å². The van der Waals surface area contributed by atoms with E-state index in [2.05, 4.69) is 4.90 Å². The predicted octanol–water partition coefficient (Wildman–Crippen LogP) is 2.92. The van der Waals surface area contributed by atoms with E-state index in [-0.39, 0.29) is 17.7 Å². The normalized spacial score (nSPS) is 34.4. The van der Waals surface area contributed by atoms with E-state index in [4.69, 9.17) is 22.3 Å². The molecule has 1 aliphatic heterocycles. The SMILES string of the molecule is NC(=O)[C@H]1C[C@@H](O)[C@H](O)[C@@H]2[C@@H]1SC(=Nc1ccc(Cl)cc1)N2CC1CCCCC1. The van der Waals surface area contributed by atoms with Crippen LogP contribution in [-0.4, -0.2) is 56.2 Å². The first kappa shape index (κ1) is 21.0. The van der Waals surface area contributed by atoms with Crippen LogP contribution in [0.1, 0.15) is 38.5 Å². The summed E-state index contributed by atoms with van der Waals surface area (Å²) in [5, 5.41) is 22.5. The highest BCUT2D eigenvalue weighted by molar-refractivity contribution is 8.14. The highest BCUT2D eigenvalue weighted by atomic mass is 35.5. The molecular weight excluding hydrogens is 410 g/mol. The molecule has 0 bridgehead atoms. The number of carbonyl (C=O) groups is 1. The fraction of sp³-hybridized carbons (Fsp3) is 0.619. The molecule has 4 rings (SSSR count). The second-order valence-electron chi connectivity index (χ2n) is 8.40. The highest BCUT2D eigenvalue weighted by Crippen LogP contribution is 2.45. The summed E-state index contributed by atoms with van der Waals surface area (Å²) in [5.74, 6) is -0.393. The Morgan fingerprint density at radius 3 is 2.55 bits per heavy atom. The molecule has 3 aliphatic rings. The third-order valence-corrected chi connectivity index (χ3v) is 8.08. The quantitative estimate of drug-likeness (QED) is 0.672. The lowest BCUT2D eigenvalue weighted by Crippen LogP contribution is -2.59. The first-order chi connectivity index (χ1) is 13.9. The van der Waals surface area contributed by atoms with Crippen molar-refractivity contribution in [1.29, 1.82) is 0 Å². The first-order valence-corrected chi connectivity index (χ1v) is 11.6. The van der Waals surface area contributed by atoms with Gasteiger partial charge in [-0.3, -0.25) is 4.79 Å². The van der Waals surface area contributed by atoms with Gasteiger partial charge in [-0.15, -0.1) is 0 Å². The van der Waals surface area contributed by atoms with Gasteiger partial charge in [-0.05, 0) is 49.4 Å². The van der Waals surface area contributed by atoms with Gasteiger partial charge in [-0.2, -0.15) is 0 Å². The summed E-state index contributed by atoms with van der Waals surface area (Å²) >= 11 is 7.50. The van der Waals surface area contributed by atoms with Crippen molar-refractivity contribution >= 4 is 40.1 Å². The fourth-order valence-corrected chi connectivity index (χ4v) is 6.58. The number of fused-ring (bicyclic) bond motifs is 1. The number of nitrogens with two attached hydrogens (primary N) is 1. The number of aliphatic imine (C=N–C) groups is 1. The maximum Gasteiger partial charge on any atom is 0.221 e. The minimum atomic E-state index is -0.960. The lowest BCUT2D eigenvalue weighted by molar-refractivity contribution is -0.128. The van der Waals surface area contributed by atoms with E-state index in [1.165, 1.54) is 31.0 Å². The van der Waals surface area contributed by atoms with E-state index in [0.29, 0.717) is 10.9 Å². The van der Waals surface area contributed by atoms with Crippen molar-refractivity contribution in [3.63, 3.8) is 0 Å². The monoisotopic (exact) mass is 437 g/mol. The summed E-state index contributed by atoms with van der Waals surface area (Å²) in [5.41, 5.74) is 6.43. The Morgan fingerprint density at radius 1 is 1.21 bits per heavy atom. The number of aliphatic hydroxyl groups is 2. The second kappa shape index (κ2) is 8.84. The molecule has 0 aromatic heterocycles. The number of rotatable bonds is 4. The van der Waals surface area contributed by atoms with Gasteiger partial charge in [0, 0.05) is 16.8 Å². The van der Waals surface area contributed by atoms with Crippen LogP contribution in [-0.2, 0) is 4.79 Å². The topological polar surface area (TPSA) is 99.2 Å². The van der Waals surface area contributed by atoms with E-state index < -0.39 is 24.0 Å². The number of halogens is 1. The number of hydrogen-bond acceptors (Lipinski definition) is 5. The van der Waals surface area contributed by atoms with E-state index in [9.17, 15) is 15.0 Å². The summed E-state index contributed by atoms with van der Waals surface area (Å²) < 4.78 is 0. The van der Waals surface area contributed by atoms with Crippen molar-refractivity contribution in [3.8, 4) is 0 Å². The summed E-state index contributed by atoms with van der Waals surface area (Å²) in [6.45, 7) is 0.774. The summed E-state index contributed by atoms with van der Waals surface area (Å²) in [6, 6.07) is 6.93. The zero-order chi connectivity index (χ0) is 20.5. The molecule has 8 heteroatoms. The molecule has 1 heterocycles. The van der Waals surface area contributed by atoms with Crippen LogP contribution in [0, 0.1) is 11.8 Å². The Kier molecular flexibility index (Phi) is 6.39. The Balaban J connectivity index is 1.68. The zero-order valence-electron chi connectivity index (χ0n) is 16.3. The molecule has 2 saturated carbocycles. The van der Waals surface area contributed by atoms with Crippen molar-refractivity contribution in [1.82, 2.24) is 4.90 Å². The van der Waals surface area contributed by atoms with Gasteiger partial charge in [0.05, 0.1) is 23.8 Å². The number of carbonyl (C=O) groups excluding carboxylic acids is 1. The lowest BCUT2D eigenvalue weighted by Gasteiger charge is -2.42. The van der Waals surface area contributed by atoms with Gasteiger partial charge in [0.2, 0.25) is 5.91 Å². The Morgan fingerprint density at radius 2 is 1.90 bits per heavy atom. The average Bonchev–Trinajstić information content (AvgIpc) is 3.05. The number of thioether (sulfide) groups is 1. The predicted molar refractivity (Wildman–Crippen MR) is 116 cm³/mol. The Hall–Kier alpha value is -1.28. The van der Waals surface area contributed by atoms with Crippen LogP contribution in [0.25, 0.3) is 0 Å². The third kappa shape index (κ3) is 4.43. The zero-order valence-corrected chi connectivity index (χ0v) is 17.9. The number of nitrogens with zero attached hydrogens (tertiary/aromatic N) is 2. The van der Waals surface area contributed by atoms with Gasteiger partial charge >= 0.3 is 0 Å². The maximum absolute atomic E-state index is 12.1. The van der Waals surface area contributed by atoms with E-state index >= 15 is 0 Å². The number of primary amides is 1. The van der Waals surface area contributed by atoms with Crippen LogP contribution in [0.5, 0.6) is 0 Å². The van der Waals surface area contributed by atoms with Crippen LogP contribution in [0.3, 0.4) is 0 Å². The Bertz CT molecular complexity index is 769. The van der Waals surface area contributed by atoms with Crippen molar-refractivity contribution in [3.05, 3.63) is 29.3 Å². The Labute approximate surface area is 180 Å². The van der Waals surface area contributed by atoms with E-state index in [1.807, 2.05) is 12.1 Å². The number of benzene rings is 1. The second-order valence-corrected chi connectivity index (χ2v) is 9.98. The highest BCUT2D eigenvalue weighted by Gasteiger charge is 2.54. The lowest BCUT2D eigenvalue weighted by atomic mass is 9.79. The van der Waals surface area contributed by atoms with Gasteiger partial charge in [0.25, 0.3) is 0 Å². The summed E-state index contributed by atoms with van der Waals surface area (Å²) in [7, 11) is 0. The molecule has 158 valence electrons.